The molecule has 0 saturated heterocycles. The summed E-state index contributed by atoms with van der Waals surface area (Å²) in [5, 5.41) is 3.12. The van der Waals surface area contributed by atoms with Gasteiger partial charge in [0.15, 0.2) is 0 Å². The van der Waals surface area contributed by atoms with Crippen LogP contribution in [0.15, 0.2) is 24.3 Å². The topological polar surface area (TPSA) is 75.4 Å². The highest BCUT2D eigenvalue weighted by Gasteiger charge is 2.28. The SMILES string of the molecule is CN(C)[C@@H]1CCCC[C@@H]1NC(=O)c1ccc(C(N)=O)cc1. The van der Waals surface area contributed by atoms with Crippen LogP contribution < -0.4 is 11.1 Å². The molecule has 3 N–H and O–H groups in total. The first-order valence-corrected chi connectivity index (χ1v) is 7.36. The van der Waals surface area contributed by atoms with Gasteiger partial charge in [0.05, 0.1) is 0 Å². The number of nitrogens with zero attached hydrogens (tertiary/aromatic N) is 1. The summed E-state index contributed by atoms with van der Waals surface area (Å²) >= 11 is 0. The van der Waals surface area contributed by atoms with E-state index in [4.69, 9.17) is 5.73 Å². The number of nitrogens with two attached hydrogens (primary N) is 1. The molecule has 0 heterocycles. The van der Waals surface area contributed by atoms with Crippen molar-refractivity contribution in [1.82, 2.24) is 10.2 Å². The maximum atomic E-state index is 12.3. The minimum Gasteiger partial charge on any atom is -0.366 e. The number of amides is 2. The molecule has 2 amide bonds. The van der Waals surface area contributed by atoms with E-state index < -0.39 is 5.91 Å². The van der Waals surface area contributed by atoms with Gasteiger partial charge in [0.25, 0.3) is 5.91 Å². The van der Waals surface area contributed by atoms with Crippen molar-refractivity contribution in [3.63, 3.8) is 0 Å². The Balaban J connectivity index is 2.04. The van der Waals surface area contributed by atoms with Crippen molar-refractivity contribution in [3.8, 4) is 0 Å². The van der Waals surface area contributed by atoms with E-state index in [0.29, 0.717) is 17.2 Å². The lowest BCUT2D eigenvalue weighted by molar-refractivity contribution is 0.0881. The molecule has 0 bridgehead atoms. The fourth-order valence-electron chi connectivity index (χ4n) is 2.94. The average Bonchev–Trinajstić information content (AvgIpc) is 2.47. The van der Waals surface area contributed by atoms with E-state index >= 15 is 0 Å². The highest BCUT2D eigenvalue weighted by atomic mass is 16.2. The maximum Gasteiger partial charge on any atom is 0.251 e. The molecule has 1 aromatic rings. The number of primary amides is 1. The van der Waals surface area contributed by atoms with Crippen LogP contribution in [0.3, 0.4) is 0 Å². The molecule has 1 aliphatic rings. The summed E-state index contributed by atoms with van der Waals surface area (Å²) in [5.41, 5.74) is 6.17. The average molecular weight is 289 g/mol. The normalized spacial score (nSPS) is 22.0. The smallest absolute Gasteiger partial charge is 0.251 e. The molecule has 0 radical (unpaired) electrons. The van der Waals surface area contributed by atoms with Crippen LogP contribution in [0.4, 0.5) is 0 Å². The highest BCUT2D eigenvalue weighted by molar-refractivity contribution is 5.97. The Morgan fingerprint density at radius 3 is 2.24 bits per heavy atom. The molecule has 1 aromatic carbocycles. The summed E-state index contributed by atoms with van der Waals surface area (Å²) in [4.78, 5) is 25.5. The number of carbonyl (C=O) groups excluding carboxylic acids is 2. The molecule has 0 spiro atoms. The molecule has 1 saturated carbocycles. The molecule has 21 heavy (non-hydrogen) atoms. The zero-order valence-electron chi connectivity index (χ0n) is 12.6. The van der Waals surface area contributed by atoms with Crippen LogP contribution >= 0.6 is 0 Å². The number of benzene rings is 1. The van der Waals surface area contributed by atoms with Crippen molar-refractivity contribution >= 4 is 11.8 Å². The largest absolute Gasteiger partial charge is 0.366 e. The zero-order chi connectivity index (χ0) is 15.4. The van der Waals surface area contributed by atoms with Gasteiger partial charge in [0.2, 0.25) is 5.91 Å². The van der Waals surface area contributed by atoms with Gasteiger partial charge in [-0.3, -0.25) is 9.59 Å². The monoisotopic (exact) mass is 289 g/mol. The Hall–Kier alpha value is -1.88. The van der Waals surface area contributed by atoms with Crippen LogP contribution in [-0.2, 0) is 0 Å². The van der Waals surface area contributed by atoms with Gasteiger partial charge >= 0.3 is 0 Å². The van der Waals surface area contributed by atoms with Gasteiger partial charge in [0.1, 0.15) is 0 Å². The fourth-order valence-corrected chi connectivity index (χ4v) is 2.94. The molecule has 0 unspecified atom stereocenters. The second-order valence-corrected chi connectivity index (χ2v) is 5.84. The van der Waals surface area contributed by atoms with Gasteiger partial charge in [-0.2, -0.15) is 0 Å². The molecule has 114 valence electrons. The maximum absolute atomic E-state index is 12.3. The predicted molar refractivity (Wildman–Crippen MR) is 82.2 cm³/mol. The van der Waals surface area contributed by atoms with Gasteiger partial charge in [-0.25, -0.2) is 0 Å². The van der Waals surface area contributed by atoms with Crippen LogP contribution in [0, 0.1) is 0 Å². The summed E-state index contributed by atoms with van der Waals surface area (Å²) in [7, 11) is 4.10. The number of likely N-dealkylation sites (N-methyl/N-ethyl adjacent to an activating group) is 1. The first-order chi connectivity index (χ1) is 9.99. The lowest BCUT2D eigenvalue weighted by atomic mass is 9.89. The minimum atomic E-state index is -0.484. The lowest BCUT2D eigenvalue weighted by Gasteiger charge is -2.36. The summed E-state index contributed by atoms with van der Waals surface area (Å²) in [6, 6.07) is 7.01. The van der Waals surface area contributed by atoms with Crippen LogP contribution in [-0.4, -0.2) is 42.9 Å². The molecule has 2 atom stereocenters. The molecule has 0 aliphatic heterocycles. The van der Waals surface area contributed by atoms with Crippen molar-refractivity contribution < 1.29 is 9.59 Å². The van der Waals surface area contributed by atoms with E-state index in [-0.39, 0.29) is 11.9 Å². The summed E-state index contributed by atoms with van der Waals surface area (Å²) < 4.78 is 0. The second-order valence-electron chi connectivity index (χ2n) is 5.84. The van der Waals surface area contributed by atoms with Gasteiger partial charge in [-0.15, -0.1) is 0 Å². The second kappa shape index (κ2) is 6.72. The highest BCUT2D eigenvalue weighted by Crippen LogP contribution is 2.22. The van der Waals surface area contributed by atoms with E-state index in [9.17, 15) is 9.59 Å². The van der Waals surface area contributed by atoms with E-state index in [2.05, 4.69) is 24.3 Å². The number of nitrogens with one attached hydrogen (secondary N) is 1. The summed E-state index contributed by atoms with van der Waals surface area (Å²) in [5.74, 6) is -0.577. The number of hydrogen-bond acceptors (Lipinski definition) is 3. The molecular formula is C16H23N3O2. The Bertz CT molecular complexity index is 511. The van der Waals surface area contributed by atoms with Crippen molar-refractivity contribution in [2.45, 2.75) is 37.8 Å². The Kier molecular flexibility index (Phi) is 4.96. The quantitative estimate of drug-likeness (QED) is 0.879. The molecule has 5 heteroatoms. The third-order valence-electron chi connectivity index (χ3n) is 4.14. The molecule has 1 fully saturated rings. The third-order valence-corrected chi connectivity index (χ3v) is 4.14. The van der Waals surface area contributed by atoms with Crippen LogP contribution in [0.5, 0.6) is 0 Å². The summed E-state index contributed by atoms with van der Waals surface area (Å²) in [6.07, 6.45) is 4.48. The van der Waals surface area contributed by atoms with Crippen molar-refractivity contribution in [2.24, 2.45) is 5.73 Å². The van der Waals surface area contributed by atoms with Crippen LogP contribution in [0.25, 0.3) is 0 Å². The van der Waals surface area contributed by atoms with Gasteiger partial charge < -0.3 is 16.0 Å². The van der Waals surface area contributed by atoms with Crippen molar-refractivity contribution in [3.05, 3.63) is 35.4 Å². The van der Waals surface area contributed by atoms with Crippen LogP contribution in [0.1, 0.15) is 46.4 Å². The Morgan fingerprint density at radius 1 is 1.10 bits per heavy atom. The molecule has 5 nitrogen and oxygen atoms in total. The minimum absolute atomic E-state index is 0.0928. The lowest BCUT2D eigenvalue weighted by Crippen LogP contribution is -2.51. The van der Waals surface area contributed by atoms with Crippen LogP contribution in [0.2, 0.25) is 0 Å². The van der Waals surface area contributed by atoms with Gasteiger partial charge in [0, 0.05) is 23.2 Å². The molecule has 1 aliphatic carbocycles. The van der Waals surface area contributed by atoms with Gasteiger partial charge in [-0.05, 0) is 51.2 Å². The third kappa shape index (κ3) is 3.82. The Morgan fingerprint density at radius 2 is 1.67 bits per heavy atom. The van der Waals surface area contributed by atoms with Gasteiger partial charge in [-0.1, -0.05) is 12.8 Å². The van der Waals surface area contributed by atoms with E-state index in [0.717, 1.165) is 19.3 Å². The fraction of sp³-hybridized carbons (Fsp3) is 0.500. The number of hydrogen-bond donors (Lipinski definition) is 2. The molecule has 0 aromatic heterocycles. The first-order valence-electron chi connectivity index (χ1n) is 7.36. The summed E-state index contributed by atoms with van der Waals surface area (Å²) in [6.45, 7) is 0. The van der Waals surface area contributed by atoms with Crippen molar-refractivity contribution in [1.29, 1.82) is 0 Å². The van der Waals surface area contributed by atoms with Crippen molar-refractivity contribution in [2.75, 3.05) is 14.1 Å². The molecule has 2 rings (SSSR count). The first kappa shape index (κ1) is 15.5. The number of carbonyl (C=O) groups is 2. The number of rotatable bonds is 4. The van der Waals surface area contributed by atoms with E-state index in [1.165, 1.54) is 6.42 Å². The van der Waals surface area contributed by atoms with E-state index in [1.54, 1.807) is 24.3 Å². The predicted octanol–water partition coefficient (Wildman–Crippen LogP) is 1.39. The van der Waals surface area contributed by atoms with E-state index in [1.807, 2.05) is 0 Å². The Labute approximate surface area is 125 Å². The zero-order valence-corrected chi connectivity index (χ0v) is 12.6. The standard InChI is InChI=1S/C16H23N3O2/c1-19(2)14-6-4-3-5-13(14)18-16(21)12-9-7-11(8-10-12)15(17)20/h7-10,13-14H,3-6H2,1-2H3,(H2,17,20)(H,18,21)/t13-,14+/m0/s1. The molecular weight excluding hydrogens is 266 g/mol.